The molecule has 60 valence electrons. The topological polar surface area (TPSA) is 12.4 Å². The maximum Gasteiger partial charge on any atom is 0.126 e. The van der Waals surface area contributed by atoms with Crippen molar-refractivity contribution in [2.75, 3.05) is 0 Å². The molecule has 0 amide bonds. The van der Waals surface area contributed by atoms with E-state index in [0.29, 0.717) is 17.0 Å². The fourth-order valence-corrected chi connectivity index (χ4v) is 2.44. The van der Waals surface area contributed by atoms with Crippen molar-refractivity contribution in [1.29, 1.82) is 0 Å². The molecule has 2 aliphatic heterocycles. The molecular weight excluding hydrogens is 181 g/mol. The number of hydrogen-bond donors (Lipinski definition) is 0. The van der Waals surface area contributed by atoms with Gasteiger partial charge in [0, 0.05) is 12.1 Å². The monoisotopic (exact) mass is 189 g/mol. The molecule has 3 unspecified atom stereocenters. The van der Waals surface area contributed by atoms with Crippen LogP contribution in [0.15, 0.2) is 16.2 Å². The van der Waals surface area contributed by atoms with Gasteiger partial charge in [-0.15, -0.1) is 11.6 Å². The van der Waals surface area contributed by atoms with E-state index >= 15 is 0 Å². The highest BCUT2D eigenvalue weighted by Crippen LogP contribution is 2.51. The van der Waals surface area contributed by atoms with Crippen LogP contribution in [0.25, 0.3) is 0 Å². The molecule has 0 radical (unpaired) electrons. The number of rotatable bonds is 0. The molecule has 0 spiro atoms. The zero-order valence-electron chi connectivity index (χ0n) is 6.22. The molecule has 0 aromatic heterocycles. The summed E-state index contributed by atoms with van der Waals surface area (Å²) >= 11 is 12.0. The van der Waals surface area contributed by atoms with Crippen molar-refractivity contribution in [2.24, 2.45) is 16.8 Å². The van der Waals surface area contributed by atoms with E-state index in [0.717, 1.165) is 6.42 Å². The Hall–Kier alpha value is -0.0100. The summed E-state index contributed by atoms with van der Waals surface area (Å²) in [6.45, 7) is 2.14. The Balaban J connectivity index is 2.36. The van der Waals surface area contributed by atoms with Crippen molar-refractivity contribution < 1.29 is 0 Å². The highest BCUT2D eigenvalue weighted by Gasteiger charge is 2.49. The molecule has 3 rings (SSSR count). The maximum atomic E-state index is 6.25. The molecule has 2 heterocycles. The molecule has 11 heavy (non-hydrogen) atoms. The number of nitrogens with zero attached hydrogens (tertiary/aromatic N) is 1. The van der Waals surface area contributed by atoms with E-state index < -0.39 is 0 Å². The maximum absolute atomic E-state index is 6.25. The average molecular weight is 190 g/mol. The number of halogens is 2. The van der Waals surface area contributed by atoms with Crippen LogP contribution in [0, 0.1) is 11.8 Å². The second kappa shape index (κ2) is 2.24. The molecule has 3 aliphatic rings. The summed E-state index contributed by atoms with van der Waals surface area (Å²) in [7, 11) is 0. The molecule has 0 aromatic rings. The summed E-state index contributed by atoms with van der Waals surface area (Å²) in [4.78, 5) is 3.85. The highest BCUT2D eigenvalue weighted by molar-refractivity contribution is 6.32. The van der Waals surface area contributed by atoms with E-state index in [9.17, 15) is 0 Å². The van der Waals surface area contributed by atoms with Crippen LogP contribution in [0.5, 0.6) is 0 Å². The Morgan fingerprint density at radius 1 is 1.73 bits per heavy atom. The molecule has 3 heteroatoms. The van der Waals surface area contributed by atoms with Gasteiger partial charge in [-0.25, -0.2) is 4.99 Å². The number of allylic oxidation sites excluding steroid dienone is 1. The lowest BCUT2D eigenvalue weighted by Crippen LogP contribution is -2.46. The summed E-state index contributed by atoms with van der Waals surface area (Å²) in [6, 6.07) is 0. The first-order valence-corrected chi connectivity index (χ1v) is 4.49. The largest absolute Gasteiger partial charge is 0.249 e. The second-order valence-electron chi connectivity index (χ2n) is 3.33. The summed E-state index contributed by atoms with van der Waals surface area (Å²) in [5.74, 6) is 1.00. The van der Waals surface area contributed by atoms with Gasteiger partial charge >= 0.3 is 0 Å². The third kappa shape index (κ3) is 1.02. The molecule has 0 saturated heterocycles. The molecule has 1 nitrogen and oxygen atoms in total. The van der Waals surface area contributed by atoms with Crippen molar-refractivity contribution in [3.8, 4) is 0 Å². The van der Waals surface area contributed by atoms with Gasteiger partial charge in [-0.3, -0.25) is 0 Å². The predicted molar refractivity (Wildman–Crippen MR) is 48.3 cm³/mol. The number of aliphatic imine (C=N–C) groups is 1. The van der Waals surface area contributed by atoms with Gasteiger partial charge in [0.15, 0.2) is 0 Å². The Morgan fingerprint density at radius 3 is 3.09 bits per heavy atom. The van der Waals surface area contributed by atoms with Gasteiger partial charge in [0.05, 0.1) is 4.87 Å². The lowest BCUT2D eigenvalue weighted by atomic mass is 9.66. The van der Waals surface area contributed by atoms with Crippen LogP contribution in [0.2, 0.25) is 0 Å². The van der Waals surface area contributed by atoms with Gasteiger partial charge in [0.1, 0.15) is 5.16 Å². The Morgan fingerprint density at radius 2 is 2.45 bits per heavy atom. The third-order valence-corrected chi connectivity index (χ3v) is 3.51. The molecule has 1 saturated carbocycles. The van der Waals surface area contributed by atoms with Gasteiger partial charge in [-0.05, 0) is 18.4 Å². The van der Waals surface area contributed by atoms with Crippen LogP contribution in [-0.2, 0) is 0 Å². The SMILES string of the molecule is CC1C2C=NC(Cl)=CC1(Cl)C2. The highest BCUT2D eigenvalue weighted by atomic mass is 35.5. The van der Waals surface area contributed by atoms with Crippen LogP contribution in [-0.4, -0.2) is 11.1 Å². The lowest BCUT2D eigenvalue weighted by Gasteiger charge is -2.45. The van der Waals surface area contributed by atoms with Gasteiger partial charge in [-0.1, -0.05) is 18.5 Å². The van der Waals surface area contributed by atoms with E-state index in [4.69, 9.17) is 23.2 Å². The summed E-state index contributed by atoms with van der Waals surface area (Å²) in [6.07, 6.45) is 4.76. The van der Waals surface area contributed by atoms with Crippen LogP contribution in [0.3, 0.4) is 0 Å². The Kier molecular flexibility index (Phi) is 1.55. The minimum atomic E-state index is -0.210. The fourth-order valence-electron chi connectivity index (χ4n) is 1.69. The quantitative estimate of drug-likeness (QED) is 0.411. The Bertz CT molecular complexity index is 246. The molecule has 0 aromatic carbocycles. The van der Waals surface area contributed by atoms with Gasteiger partial charge in [0.25, 0.3) is 0 Å². The second-order valence-corrected chi connectivity index (χ2v) is 4.42. The predicted octanol–water partition coefficient (Wildman–Crippen LogP) is 2.78. The smallest absolute Gasteiger partial charge is 0.126 e. The summed E-state index contributed by atoms with van der Waals surface area (Å²) in [5.41, 5.74) is 0. The lowest BCUT2D eigenvalue weighted by molar-refractivity contribution is 0.223. The first kappa shape index (κ1) is 7.63. The third-order valence-electron chi connectivity index (χ3n) is 2.70. The van der Waals surface area contributed by atoms with Crippen molar-refractivity contribution in [3.63, 3.8) is 0 Å². The molecule has 1 aliphatic carbocycles. The first-order chi connectivity index (χ1) is 5.12. The van der Waals surface area contributed by atoms with E-state index in [1.165, 1.54) is 0 Å². The molecule has 0 N–H and O–H groups in total. The van der Waals surface area contributed by atoms with Gasteiger partial charge < -0.3 is 0 Å². The Labute approximate surface area is 76.1 Å². The molecule has 2 bridgehead atoms. The summed E-state index contributed by atoms with van der Waals surface area (Å²) < 4.78 is 0. The molecule has 3 atom stereocenters. The summed E-state index contributed by atoms with van der Waals surface area (Å²) in [5, 5.41) is 0.534. The minimum absolute atomic E-state index is 0.210. The van der Waals surface area contributed by atoms with Crippen LogP contribution in [0.1, 0.15) is 13.3 Å². The average Bonchev–Trinajstić information content (AvgIpc) is 2.15. The van der Waals surface area contributed by atoms with Crippen molar-refractivity contribution >= 4 is 29.4 Å². The van der Waals surface area contributed by atoms with Crippen molar-refractivity contribution in [1.82, 2.24) is 0 Å². The number of alkyl halides is 1. The first-order valence-electron chi connectivity index (χ1n) is 3.73. The van der Waals surface area contributed by atoms with Crippen LogP contribution in [0.4, 0.5) is 0 Å². The standard InChI is InChI=1S/C8H9Cl2N/c1-5-6-2-8(5,10)3-7(9)11-4-6/h3-6H,2H2,1H3. The zero-order chi connectivity index (χ0) is 8.06. The van der Waals surface area contributed by atoms with Crippen molar-refractivity contribution in [2.45, 2.75) is 18.2 Å². The molecular formula is C8H9Cl2N. The molecule has 1 fully saturated rings. The van der Waals surface area contributed by atoms with Gasteiger partial charge in [0.2, 0.25) is 0 Å². The van der Waals surface area contributed by atoms with Crippen molar-refractivity contribution in [3.05, 3.63) is 11.2 Å². The van der Waals surface area contributed by atoms with Gasteiger partial charge in [-0.2, -0.15) is 0 Å². The van der Waals surface area contributed by atoms with E-state index in [1.54, 1.807) is 0 Å². The minimum Gasteiger partial charge on any atom is -0.249 e. The van der Waals surface area contributed by atoms with Crippen LogP contribution >= 0.6 is 23.2 Å². The normalized spacial score (nSPS) is 47.7. The fraction of sp³-hybridized carbons (Fsp3) is 0.625. The van der Waals surface area contributed by atoms with E-state index in [2.05, 4.69) is 11.9 Å². The number of fused-ring (bicyclic) bond motifs is 1. The van der Waals surface area contributed by atoms with E-state index in [-0.39, 0.29) is 4.87 Å². The number of hydrogen-bond acceptors (Lipinski definition) is 1. The van der Waals surface area contributed by atoms with Crippen LogP contribution < -0.4 is 0 Å². The zero-order valence-corrected chi connectivity index (χ0v) is 7.73. The van der Waals surface area contributed by atoms with E-state index in [1.807, 2.05) is 12.3 Å².